The summed E-state index contributed by atoms with van der Waals surface area (Å²) in [6.45, 7) is 2.06. The van der Waals surface area contributed by atoms with Gasteiger partial charge in [0.2, 0.25) is 5.91 Å². The fourth-order valence-corrected chi connectivity index (χ4v) is 4.00. The van der Waals surface area contributed by atoms with Crippen LogP contribution in [0.1, 0.15) is 53.2 Å². The van der Waals surface area contributed by atoms with E-state index in [-0.39, 0.29) is 18.1 Å². The van der Waals surface area contributed by atoms with E-state index in [1.807, 2.05) is 0 Å². The Labute approximate surface area is 137 Å². The number of rotatable bonds is 5. The molecule has 0 aromatic carbocycles. The van der Waals surface area contributed by atoms with E-state index in [2.05, 4.69) is 22.2 Å². The SMILES string of the molecule is CCC1CCCc2sc(NC(=O)Cn3cncc3C(=O)O)nc21. The minimum atomic E-state index is -1.11. The first-order chi connectivity index (χ1) is 11.1. The van der Waals surface area contributed by atoms with Crippen LogP contribution < -0.4 is 5.32 Å². The van der Waals surface area contributed by atoms with Crippen LogP contribution in [0.15, 0.2) is 12.5 Å². The third kappa shape index (κ3) is 3.26. The number of anilines is 1. The lowest BCUT2D eigenvalue weighted by atomic mass is 9.89. The molecule has 2 N–H and O–H groups in total. The number of amides is 1. The summed E-state index contributed by atoms with van der Waals surface area (Å²) in [6.07, 6.45) is 6.95. The standard InChI is InChI=1S/C15H18N4O3S/c1-2-9-4-3-5-11-13(9)18-15(23-11)17-12(20)7-19-8-16-6-10(19)14(21)22/h6,8-9H,2-5,7H2,1H3,(H,21,22)(H,17,18,20). The van der Waals surface area contributed by atoms with Gasteiger partial charge in [0.1, 0.15) is 12.2 Å². The second-order valence-corrected chi connectivity index (χ2v) is 6.67. The van der Waals surface area contributed by atoms with Crippen LogP contribution in [0.25, 0.3) is 0 Å². The molecule has 1 aliphatic carbocycles. The first kappa shape index (κ1) is 15.7. The Bertz CT molecular complexity index is 737. The van der Waals surface area contributed by atoms with Crippen molar-refractivity contribution in [1.82, 2.24) is 14.5 Å². The Morgan fingerprint density at radius 2 is 2.35 bits per heavy atom. The Morgan fingerprint density at radius 3 is 3.09 bits per heavy atom. The number of hydrogen-bond acceptors (Lipinski definition) is 5. The number of aromatic carboxylic acids is 1. The molecule has 23 heavy (non-hydrogen) atoms. The number of aromatic nitrogens is 3. The number of carbonyl (C=O) groups excluding carboxylic acids is 1. The monoisotopic (exact) mass is 334 g/mol. The van der Waals surface area contributed by atoms with Gasteiger partial charge in [-0.2, -0.15) is 0 Å². The molecule has 7 nitrogen and oxygen atoms in total. The second kappa shape index (κ2) is 6.49. The zero-order chi connectivity index (χ0) is 16.4. The number of nitrogens with one attached hydrogen (secondary N) is 1. The van der Waals surface area contributed by atoms with Crippen molar-refractivity contribution in [3.8, 4) is 0 Å². The molecule has 0 aliphatic heterocycles. The average Bonchev–Trinajstić information content (AvgIpc) is 3.12. The predicted molar refractivity (Wildman–Crippen MR) is 85.9 cm³/mol. The number of aryl methyl sites for hydroxylation is 1. The fraction of sp³-hybridized carbons (Fsp3) is 0.467. The summed E-state index contributed by atoms with van der Waals surface area (Å²) in [7, 11) is 0. The minimum absolute atomic E-state index is 0.00960. The van der Waals surface area contributed by atoms with Crippen molar-refractivity contribution in [3.63, 3.8) is 0 Å². The lowest BCUT2D eigenvalue weighted by molar-refractivity contribution is -0.116. The average molecular weight is 334 g/mol. The lowest BCUT2D eigenvalue weighted by Gasteiger charge is -2.18. The molecule has 1 atom stereocenters. The molecule has 0 fully saturated rings. The summed E-state index contributed by atoms with van der Waals surface area (Å²) in [5.41, 5.74) is 1.11. The summed E-state index contributed by atoms with van der Waals surface area (Å²) < 4.78 is 1.31. The van der Waals surface area contributed by atoms with Gasteiger partial charge in [0.05, 0.1) is 18.2 Å². The molecule has 0 radical (unpaired) electrons. The van der Waals surface area contributed by atoms with Crippen molar-refractivity contribution in [2.45, 2.75) is 45.1 Å². The zero-order valence-electron chi connectivity index (χ0n) is 12.8. The van der Waals surface area contributed by atoms with Crippen LogP contribution in [0.2, 0.25) is 0 Å². The Morgan fingerprint density at radius 1 is 1.52 bits per heavy atom. The molecule has 122 valence electrons. The largest absolute Gasteiger partial charge is 0.477 e. The topological polar surface area (TPSA) is 97.1 Å². The number of imidazole rings is 1. The quantitative estimate of drug-likeness (QED) is 0.875. The number of carbonyl (C=O) groups is 2. The van der Waals surface area contributed by atoms with Gasteiger partial charge >= 0.3 is 5.97 Å². The molecular weight excluding hydrogens is 316 g/mol. The molecule has 0 saturated carbocycles. The highest BCUT2D eigenvalue weighted by Gasteiger charge is 2.24. The van der Waals surface area contributed by atoms with E-state index in [4.69, 9.17) is 5.11 Å². The normalized spacial score (nSPS) is 16.8. The van der Waals surface area contributed by atoms with Crippen LogP contribution in [0, 0.1) is 0 Å². The highest BCUT2D eigenvalue weighted by Crippen LogP contribution is 2.38. The van der Waals surface area contributed by atoms with E-state index in [0.29, 0.717) is 11.0 Å². The molecule has 0 bridgehead atoms. The number of hydrogen-bond donors (Lipinski definition) is 2. The maximum Gasteiger partial charge on any atom is 0.354 e. The second-order valence-electron chi connectivity index (χ2n) is 5.58. The van der Waals surface area contributed by atoms with Crippen LogP contribution >= 0.6 is 11.3 Å². The molecule has 2 aromatic rings. The van der Waals surface area contributed by atoms with Crippen LogP contribution in [-0.4, -0.2) is 31.5 Å². The fourth-order valence-electron chi connectivity index (χ4n) is 2.90. The first-order valence-corrected chi connectivity index (χ1v) is 8.43. The van der Waals surface area contributed by atoms with Crippen molar-refractivity contribution in [1.29, 1.82) is 0 Å². The van der Waals surface area contributed by atoms with Crippen LogP contribution in [0.4, 0.5) is 5.13 Å². The molecule has 1 amide bonds. The van der Waals surface area contributed by atoms with Gasteiger partial charge in [-0.25, -0.2) is 14.8 Å². The molecule has 3 rings (SSSR count). The maximum absolute atomic E-state index is 12.1. The summed E-state index contributed by atoms with van der Waals surface area (Å²) in [5.74, 6) is -0.927. The molecular formula is C15H18N4O3S. The zero-order valence-corrected chi connectivity index (χ0v) is 13.6. The lowest BCUT2D eigenvalue weighted by Crippen LogP contribution is -2.20. The number of carboxylic acid groups (broad SMARTS) is 1. The number of fused-ring (bicyclic) bond motifs is 1. The molecule has 0 saturated heterocycles. The van der Waals surface area contributed by atoms with Gasteiger partial charge in [-0.3, -0.25) is 4.79 Å². The van der Waals surface area contributed by atoms with Gasteiger partial charge in [-0.05, 0) is 25.7 Å². The smallest absolute Gasteiger partial charge is 0.354 e. The van der Waals surface area contributed by atoms with E-state index in [9.17, 15) is 9.59 Å². The highest BCUT2D eigenvalue weighted by atomic mass is 32.1. The molecule has 1 unspecified atom stereocenters. The third-order valence-electron chi connectivity index (χ3n) is 4.06. The summed E-state index contributed by atoms with van der Waals surface area (Å²) in [6, 6.07) is 0. The highest BCUT2D eigenvalue weighted by molar-refractivity contribution is 7.15. The van der Waals surface area contributed by atoms with Crippen LogP contribution in [-0.2, 0) is 17.8 Å². The Hall–Kier alpha value is -2.22. The summed E-state index contributed by atoms with van der Waals surface area (Å²) in [5, 5.41) is 12.4. The minimum Gasteiger partial charge on any atom is -0.477 e. The first-order valence-electron chi connectivity index (χ1n) is 7.61. The van der Waals surface area contributed by atoms with Crippen molar-refractivity contribution in [2.24, 2.45) is 0 Å². The summed E-state index contributed by atoms with van der Waals surface area (Å²) >= 11 is 1.52. The van der Waals surface area contributed by atoms with Crippen LogP contribution in [0.3, 0.4) is 0 Å². The molecule has 2 heterocycles. The number of thiazole rings is 1. The Kier molecular flexibility index (Phi) is 4.42. The molecule has 2 aromatic heterocycles. The van der Waals surface area contributed by atoms with Gasteiger partial charge in [0.15, 0.2) is 5.13 Å². The van der Waals surface area contributed by atoms with E-state index in [1.54, 1.807) is 0 Å². The van der Waals surface area contributed by atoms with Crippen molar-refractivity contribution >= 4 is 28.3 Å². The van der Waals surface area contributed by atoms with E-state index in [0.717, 1.165) is 31.4 Å². The number of carboxylic acids is 1. The molecule has 1 aliphatic rings. The predicted octanol–water partition coefficient (Wildman–Crippen LogP) is 2.51. The van der Waals surface area contributed by atoms with Crippen LogP contribution in [0.5, 0.6) is 0 Å². The van der Waals surface area contributed by atoms with Gasteiger partial charge in [0.25, 0.3) is 0 Å². The van der Waals surface area contributed by atoms with E-state index in [1.165, 1.54) is 33.3 Å². The Balaban J connectivity index is 1.70. The van der Waals surface area contributed by atoms with E-state index < -0.39 is 5.97 Å². The third-order valence-corrected chi connectivity index (χ3v) is 5.10. The number of nitrogens with zero attached hydrogens (tertiary/aromatic N) is 3. The van der Waals surface area contributed by atoms with Gasteiger partial charge in [-0.15, -0.1) is 11.3 Å². The summed E-state index contributed by atoms with van der Waals surface area (Å²) in [4.78, 5) is 32.8. The van der Waals surface area contributed by atoms with Gasteiger partial charge in [-0.1, -0.05) is 6.92 Å². The van der Waals surface area contributed by atoms with Gasteiger partial charge < -0.3 is 15.0 Å². The van der Waals surface area contributed by atoms with Crippen molar-refractivity contribution < 1.29 is 14.7 Å². The van der Waals surface area contributed by atoms with E-state index >= 15 is 0 Å². The maximum atomic E-state index is 12.1. The molecule has 8 heteroatoms. The molecule has 0 spiro atoms. The van der Waals surface area contributed by atoms with Crippen molar-refractivity contribution in [3.05, 3.63) is 28.8 Å². The van der Waals surface area contributed by atoms with Gasteiger partial charge in [0, 0.05) is 10.8 Å². The van der Waals surface area contributed by atoms with Crippen molar-refractivity contribution in [2.75, 3.05) is 5.32 Å².